The molecule has 1 saturated carbocycles. The second-order valence-corrected chi connectivity index (χ2v) is 5.74. The highest BCUT2D eigenvalue weighted by Crippen LogP contribution is 2.47. The highest BCUT2D eigenvalue weighted by atomic mass is 32.2. The van der Waals surface area contributed by atoms with Crippen molar-refractivity contribution < 1.29 is 4.92 Å². The Morgan fingerprint density at radius 3 is 2.76 bits per heavy atom. The van der Waals surface area contributed by atoms with E-state index in [2.05, 4.69) is 11.6 Å². The number of hydrogen-bond acceptors (Lipinski definition) is 4. The molecule has 0 saturated heterocycles. The first-order valence-electron chi connectivity index (χ1n) is 5.61. The third kappa shape index (κ3) is 2.54. The molecule has 2 rings (SSSR count). The molecular formula is C12H16N2O2S. The maximum Gasteiger partial charge on any atom is 0.295 e. The van der Waals surface area contributed by atoms with Crippen molar-refractivity contribution in [1.29, 1.82) is 0 Å². The van der Waals surface area contributed by atoms with Gasteiger partial charge in [0.05, 0.1) is 4.92 Å². The van der Waals surface area contributed by atoms with Crippen LogP contribution < -0.4 is 5.32 Å². The highest BCUT2D eigenvalue weighted by Gasteiger charge is 2.41. The molecule has 1 aliphatic carbocycles. The summed E-state index contributed by atoms with van der Waals surface area (Å²) < 4.78 is 0.303. The Bertz CT molecular complexity index is 444. The van der Waals surface area contributed by atoms with Crippen LogP contribution in [0.3, 0.4) is 0 Å². The first-order valence-corrected chi connectivity index (χ1v) is 6.83. The summed E-state index contributed by atoms with van der Waals surface area (Å²) in [4.78, 5) is 10.7. The number of nitro benzene ring substituents is 1. The van der Waals surface area contributed by atoms with Crippen molar-refractivity contribution in [3.05, 3.63) is 33.9 Å². The van der Waals surface area contributed by atoms with Crippen molar-refractivity contribution >= 4 is 23.1 Å². The van der Waals surface area contributed by atoms with E-state index >= 15 is 0 Å². The van der Waals surface area contributed by atoms with Gasteiger partial charge in [0.2, 0.25) is 0 Å². The molecule has 1 aliphatic rings. The van der Waals surface area contributed by atoms with Gasteiger partial charge < -0.3 is 5.32 Å². The van der Waals surface area contributed by atoms with E-state index in [1.165, 1.54) is 12.8 Å². The largest absolute Gasteiger partial charge is 0.378 e. The van der Waals surface area contributed by atoms with Crippen LogP contribution in [0.15, 0.2) is 18.2 Å². The lowest BCUT2D eigenvalue weighted by Gasteiger charge is -2.14. The number of nitrogens with one attached hydrogen (secondary N) is 1. The Labute approximate surface area is 105 Å². The van der Waals surface area contributed by atoms with E-state index < -0.39 is 0 Å². The van der Waals surface area contributed by atoms with E-state index in [1.807, 2.05) is 17.8 Å². The topological polar surface area (TPSA) is 55.2 Å². The molecule has 0 bridgehead atoms. The normalized spacial score (nSPS) is 16.6. The molecule has 1 fully saturated rings. The molecule has 0 unspecified atom stereocenters. The minimum Gasteiger partial charge on any atom is -0.378 e. The maximum atomic E-state index is 11.0. The maximum absolute atomic E-state index is 11.0. The summed E-state index contributed by atoms with van der Waals surface area (Å²) in [7, 11) is 0. The summed E-state index contributed by atoms with van der Waals surface area (Å²) in [6.07, 6.45) is 4.49. The number of hydrogen-bond donors (Lipinski definition) is 1. The molecule has 1 N–H and O–H groups in total. The van der Waals surface area contributed by atoms with Gasteiger partial charge in [-0.1, -0.05) is 12.1 Å². The Hall–Kier alpha value is -1.23. The van der Waals surface area contributed by atoms with Gasteiger partial charge in [-0.05, 0) is 32.1 Å². The number of nitrogens with zero attached hydrogens (tertiary/aromatic N) is 1. The molecule has 5 heteroatoms. The lowest BCUT2D eigenvalue weighted by atomic mass is 10.1. The van der Waals surface area contributed by atoms with Crippen LogP contribution in [0.2, 0.25) is 0 Å². The second-order valence-electron chi connectivity index (χ2n) is 4.47. The molecule has 0 heterocycles. The van der Waals surface area contributed by atoms with Crippen molar-refractivity contribution in [3.8, 4) is 0 Å². The third-order valence-electron chi connectivity index (χ3n) is 3.26. The fraction of sp³-hybridized carbons (Fsp3) is 0.500. The van der Waals surface area contributed by atoms with Crippen LogP contribution in [0.4, 0.5) is 11.4 Å². The van der Waals surface area contributed by atoms with Crippen LogP contribution in [0.1, 0.15) is 18.4 Å². The van der Waals surface area contributed by atoms with Crippen LogP contribution in [-0.2, 0) is 0 Å². The molecule has 0 atom stereocenters. The average Bonchev–Trinajstić information content (AvgIpc) is 3.06. The fourth-order valence-corrected chi connectivity index (χ4v) is 2.62. The van der Waals surface area contributed by atoms with Gasteiger partial charge in [0.1, 0.15) is 5.69 Å². The fourth-order valence-electron chi connectivity index (χ4n) is 1.89. The van der Waals surface area contributed by atoms with E-state index in [1.54, 1.807) is 19.1 Å². The van der Waals surface area contributed by atoms with Gasteiger partial charge in [-0.15, -0.1) is 0 Å². The van der Waals surface area contributed by atoms with E-state index in [0.29, 0.717) is 16.0 Å². The molecule has 0 radical (unpaired) electrons. The zero-order valence-electron chi connectivity index (χ0n) is 10.0. The molecule has 0 aromatic heterocycles. The average molecular weight is 252 g/mol. The zero-order valence-corrected chi connectivity index (χ0v) is 10.8. The molecular weight excluding hydrogens is 236 g/mol. The van der Waals surface area contributed by atoms with Crippen molar-refractivity contribution in [2.45, 2.75) is 24.5 Å². The Kier molecular flexibility index (Phi) is 3.28. The number of anilines is 1. The lowest BCUT2D eigenvalue weighted by Crippen LogP contribution is -2.18. The lowest BCUT2D eigenvalue weighted by molar-refractivity contribution is -0.384. The number of rotatable bonds is 5. The second kappa shape index (κ2) is 4.56. The summed E-state index contributed by atoms with van der Waals surface area (Å²) in [5.74, 6) is 0. The number of thioether (sulfide) groups is 1. The van der Waals surface area contributed by atoms with Gasteiger partial charge in [0.25, 0.3) is 5.69 Å². The van der Waals surface area contributed by atoms with Crippen LogP contribution in [0.25, 0.3) is 0 Å². The van der Waals surface area contributed by atoms with E-state index in [0.717, 1.165) is 6.54 Å². The van der Waals surface area contributed by atoms with E-state index in [-0.39, 0.29) is 10.6 Å². The van der Waals surface area contributed by atoms with Gasteiger partial charge in [-0.3, -0.25) is 10.1 Å². The van der Waals surface area contributed by atoms with Gasteiger partial charge in [-0.25, -0.2) is 0 Å². The predicted molar refractivity (Wildman–Crippen MR) is 71.8 cm³/mol. The minimum absolute atomic E-state index is 0.199. The highest BCUT2D eigenvalue weighted by molar-refractivity contribution is 8.00. The summed E-state index contributed by atoms with van der Waals surface area (Å²) in [6, 6.07) is 5.40. The molecule has 4 nitrogen and oxygen atoms in total. The summed E-state index contributed by atoms with van der Waals surface area (Å²) in [5, 5.41) is 14.2. The smallest absolute Gasteiger partial charge is 0.295 e. The minimum atomic E-state index is -0.309. The molecule has 1 aromatic carbocycles. The van der Waals surface area contributed by atoms with Crippen LogP contribution in [-0.4, -0.2) is 22.5 Å². The molecule has 17 heavy (non-hydrogen) atoms. The van der Waals surface area contributed by atoms with Crippen molar-refractivity contribution in [2.24, 2.45) is 0 Å². The summed E-state index contributed by atoms with van der Waals surface area (Å²) in [6.45, 7) is 2.57. The first-order chi connectivity index (χ1) is 8.08. The number of nitro groups is 1. The SMILES string of the molecule is CSC1(CNc2cccc(C)c2[N+](=O)[O-])CC1. The van der Waals surface area contributed by atoms with Gasteiger partial charge in [0.15, 0.2) is 0 Å². The van der Waals surface area contributed by atoms with Crippen LogP contribution in [0, 0.1) is 17.0 Å². The van der Waals surface area contributed by atoms with Crippen molar-refractivity contribution in [3.63, 3.8) is 0 Å². The molecule has 92 valence electrons. The van der Waals surface area contributed by atoms with Gasteiger partial charge >= 0.3 is 0 Å². The van der Waals surface area contributed by atoms with Gasteiger partial charge in [-0.2, -0.15) is 11.8 Å². The standard InChI is InChI=1S/C12H16N2O2S/c1-9-4-3-5-10(11(9)14(15)16)13-8-12(17-2)6-7-12/h3-5,13H,6-8H2,1-2H3. The molecule has 1 aromatic rings. The molecule has 0 spiro atoms. The predicted octanol–water partition coefficient (Wildman–Crippen LogP) is 3.21. The summed E-state index contributed by atoms with van der Waals surface area (Å²) in [5.41, 5.74) is 1.54. The van der Waals surface area contributed by atoms with Crippen LogP contribution in [0.5, 0.6) is 0 Å². The third-order valence-corrected chi connectivity index (χ3v) is 4.68. The van der Waals surface area contributed by atoms with Crippen molar-refractivity contribution in [1.82, 2.24) is 0 Å². The number of benzene rings is 1. The molecule has 0 amide bonds. The zero-order chi connectivity index (χ0) is 12.5. The van der Waals surface area contributed by atoms with Crippen LogP contribution >= 0.6 is 11.8 Å². The van der Waals surface area contributed by atoms with Crippen molar-refractivity contribution in [2.75, 3.05) is 18.1 Å². The Morgan fingerprint density at radius 2 is 2.24 bits per heavy atom. The number of aryl methyl sites for hydroxylation is 1. The molecule has 0 aliphatic heterocycles. The number of para-hydroxylation sites is 1. The quantitative estimate of drug-likeness (QED) is 0.645. The Balaban J connectivity index is 2.15. The van der Waals surface area contributed by atoms with Gasteiger partial charge in [0, 0.05) is 16.9 Å². The monoisotopic (exact) mass is 252 g/mol. The Morgan fingerprint density at radius 1 is 1.53 bits per heavy atom. The first kappa shape index (κ1) is 12.2. The van der Waals surface area contributed by atoms with E-state index in [4.69, 9.17) is 0 Å². The van der Waals surface area contributed by atoms with E-state index in [9.17, 15) is 10.1 Å². The summed E-state index contributed by atoms with van der Waals surface area (Å²) >= 11 is 1.84.